The van der Waals surface area contributed by atoms with Crippen molar-refractivity contribution >= 4 is 145 Å². The van der Waals surface area contributed by atoms with E-state index in [1.165, 1.54) is 9.80 Å². The molecule has 19 aromatic rings. The summed E-state index contributed by atoms with van der Waals surface area (Å²) in [6.07, 6.45) is 0. The molecule has 0 saturated carbocycles. The highest BCUT2D eigenvalue weighted by molar-refractivity contribution is 7.00. The zero-order valence-corrected chi connectivity index (χ0v) is 60.4. The number of furan rings is 2. The van der Waals surface area contributed by atoms with Crippen molar-refractivity contribution in [2.45, 2.75) is 78.6 Å². The summed E-state index contributed by atoms with van der Waals surface area (Å²) in [4.78, 5) is 2.93. The first kappa shape index (κ1) is 40.8. The van der Waals surface area contributed by atoms with Gasteiger partial charge in [0.25, 0.3) is 6.71 Å². The molecule has 0 bridgehead atoms. The third-order valence-electron chi connectivity index (χ3n) is 20.9. The lowest BCUT2D eigenvalue weighted by molar-refractivity contribution is 0.590. The van der Waals surface area contributed by atoms with Gasteiger partial charge in [-0.15, -0.1) is 0 Å². The molecular weight excluding hydrogens is 1320 g/mol. The van der Waals surface area contributed by atoms with Crippen LogP contribution < -0.4 is 26.2 Å². The molecule has 6 heterocycles. The lowest BCUT2D eigenvalue weighted by atomic mass is 9.33. The minimum absolute atomic E-state index is 0.0484. The highest BCUT2D eigenvalue weighted by Crippen LogP contribution is 2.57. The molecule has 2 aliphatic rings. The van der Waals surface area contributed by atoms with Crippen LogP contribution in [-0.4, -0.2) is 15.8 Å². The van der Waals surface area contributed by atoms with Crippen molar-refractivity contribution in [3.63, 3.8) is 0 Å². The van der Waals surface area contributed by atoms with Gasteiger partial charge < -0.3 is 27.8 Å². The van der Waals surface area contributed by atoms with Crippen LogP contribution in [0.1, 0.15) is 120 Å². The second kappa shape index (κ2) is 23.8. The minimum Gasteiger partial charge on any atom is -0.454 e. The maximum absolute atomic E-state index is 12.0. The molecule has 2 aliphatic heterocycles. The zero-order chi connectivity index (χ0) is 99.6. The lowest BCUT2D eigenvalue weighted by Crippen LogP contribution is -2.61. The van der Waals surface area contributed by atoms with Crippen LogP contribution in [0.5, 0.6) is 0 Å². The summed E-state index contributed by atoms with van der Waals surface area (Å²) >= 11 is 0. The van der Waals surface area contributed by atoms with Crippen LogP contribution in [0.3, 0.4) is 0 Å². The van der Waals surface area contributed by atoms with E-state index < -0.39 is 270 Å². The molecule has 0 atom stereocenters. The smallest absolute Gasteiger partial charge is 0.252 e. The van der Waals surface area contributed by atoms with E-state index >= 15 is 0 Å². The molecule has 109 heavy (non-hydrogen) atoms. The molecule has 0 fully saturated rings. The van der Waals surface area contributed by atoms with E-state index in [1.54, 1.807) is 175 Å². The third-order valence-corrected chi connectivity index (χ3v) is 20.9. The van der Waals surface area contributed by atoms with Crippen molar-refractivity contribution in [2.24, 2.45) is 0 Å². The number of hydrogen-bond donors (Lipinski definition) is 0. The fourth-order valence-electron chi connectivity index (χ4n) is 16.0. The van der Waals surface area contributed by atoms with Gasteiger partial charge in [0.2, 0.25) is 0 Å². The molecule has 0 N–H and O–H groups in total. The molecule has 0 unspecified atom stereocenters. The van der Waals surface area contributed by atoms with Crippen molar-refractivity contribution in [3.8, 4) is 55.9 Å². The summed E-state index contributed by atoms with van der Waals surface area (Å²) in [5, 5.41) is -2.00. The van der Waals surface area contributed by atoms with Gasteiger partial charge in [-0.3, -0.25) is 0 Å². The SMILES string of the molecule is [2H]c1c([2H])c(-n2c3c([2H])c([2H])c([2H])c([2H])c3c3c([2H])c(-c4ccccc4)c([2H])c([2H])c32)c([2H])c2c1B1c3c(cc(C(C)(C)C)cc3N(c3c(-c4ccccc4)c([2H])c(C(C)(C)C)c4c3oc3c([2H])c([2H])c([2H])c([2H])c34)c3c([2H])c(-n4c5c([2H])c([2H])c([2H])c([2H])c5c5c([2H])c(-c6ccccc6)c([2H])c([2H])c54)c([2H])c([2H])c31)N2c1c(-c2ccccc2)c([2H])c(C(C)(C)C)c2c1oc1c([2H])c([2H])c([2H])c([2H])c12. The number of para-hydroxylation sites is 4. The number of nitrogens with zero attached hydrogens (tertiary/aromatic N) is 4. The molecule has 0 aliphatic carbocycles. The summed E-state index contributed by atoms with van der Waals surface area (Å²) in [6.45, 7) is 14.3. The molecule has 0 spiro atoms. The van der Waals surface area contributed by atoms with E-state index in [9.17, 15) is 41.1 Å². The van der Waals surface area contributed by atoms with E-state index in [4.69, 9.17) is 8.83 Å². The second-order valence-electron chi connectivity index (χ2n) is 30.8. The van der Waals surface area contributed by atoms with Crippen LogP contribution in [0, 0.1) is 0 Å². The number of hydrogen-bond acceptors (Lipinski definition) is 4. The lowest BCUT2D eigenvalue weighted by Gasteiger charge is -2.46. The molecule has 21 rings (SSSR count). The molecule has 522 valence electrons. The molecule has 0 saturated heterocycles. The average molecular weight is 1430 g/mol. The molecule has 6 nitrogen and oxygen atoms in total. The molecule has 0 radical (unpaired) electrons. The van der Waals surface area contributed by atoms with Crippen LogP contribution in [0.15, 0.2) is 324 Å². The number of anilines is 6. The zero-order valence-electron chi connectivity index (χ0n) is 90.4. The first-order valence-corrected chi connectivity index (χ1v) is 35.9. The number of benzene rings is 15. The Balaban J connectivity index is 1.06. The maximum atomic E-state index is 12.0. The normalized spacial score (nSPS) is 17.0. The quantitative estimate of drug-likeness (QED) is 0.142. The van der Waals surface area contributed by atoms with Crippen LogP contribution in [0.25, 0.3) is 143 Å². The van der Waals surface area contributed by atoms with E-state index in [-0.39, 0.29) is 139 Å². The molecule has 15 aromatic carbocycles. The summed E-state index contributed by atoms with van der Waals surface area (Å²) in [7, 11) is 0. The molecule has 0 amide bonds. The van der Waals surface area contributed by atoms with Gasteiger partial charge in [0, 0.05) is 88.3 Å². The van der Waals surface area contributed by atoms with Gasteiger partial charge >= 0.3 is 0 Å². The predicted molar refractivity (Wildman–Crippen MR) is 462 cm³/mol. The number of fused-ring (bicyclic) bond motifs is 16. The van der Waals surface area contributed by atoms with Gasteiger partial charge in [-0.25, -0.2) is 0 Å². The monoisotopic (exact) mass is 1430 g/mol. The molecule has 4 aromatic heterocycles. The topological polar surface area (TPSA) is 42.6 Å². The predicted octanol–water partition coefficient (Wildman–Crippen LogP) is 26.3. The Morgan fingerprint density at radius 3 is 1.08 bits per heavy atom. The van der Waals surface area contributed by atoms with Crippen molar-refractivity contribution in [3.05, 3.63) is 331 Å². The van der Waals surface area contributed by atoms with Crippen LogP contribution in [-0.2, 0) is 16.2 Å². The summed E-state index contributed by atoms with van der Waals surface area (Å²) in [5.74, 6) is 0. The van der Waals surface area contributed by atoms with E-state index in [0.29, 0.717) is 5.56 Å². The van der Waals surface area contributed by atoms with E-state index in [0.717, 1.165) is 9.13 Å². The summed E-state index contributed by atoms with van der Waals surface area (Å²) in [5.41, 5.74) is -10.2. The van der Waals surface area contributed by atoms with Crippen molar-refractivity contribution in [1.82, 2.24) is 9.13 Å². The molecule has 7 heteroatoms. The van der Waals surface area contributed by atoms with Crippen LogP contribution in [0.2, 0.25) is 0 Å². The fraction of sp³-hybridized carbons (Fsp3) is 0.118. The standard InChI is InChI=1S/C102H79BN4O2/c1-100(2,3)68-56-89-95-90(57-68)107(97-76(65-36-20-13-21-37-65)61-80(102(7,8)9)94-74-41-25-29-45-92(74)109-99(94)97)88-59-70(105-84-43-27-23-39-72(84)78-55-67(47-53-86(78)105)63-32-16-11-17-33-63)49-51-82(88)103(95)81-50-48-69(104-83-42-26-22-38-71(83)77-54-66(46-52-85(77)104)62-30-14-10-15-31-62)58-87(81)106(89)96-75(64-34-18-12-19-35-64)60-79(101(4,5)6)93-73-40-24-28-44-91(73)108-98(93)96/h10-61H,1-9H3/i22D,23D,24D,25D,26D,27D,28D,29D,38D,39D,40D,41D,42D,43D,44D,45D,46D,47D,48D,49D,50D,51D,52D,53D,54D,55D,58D,59D,60D,61D. The average Bonchev–Trinajstić information content (AvgIpc) is 1.65. The third kappa shape index (κ3) is 9.88. The largest absolute Gasteiger partial charge is 0.454 e. The Morgan fingerprint density at radius 2 is 0.688 bits per heavy atom. The Kier molecular flexibility index (Phi) is 8.91. The van der Waals surface area contributed by atoms with E-state index in [1.807, 2.05) is 20.8 Å². The fourth-order valence-corrected chi connectivity index (χ4v) is 16.0. The van der Waals surface area contributed by atoms with Crippen molar-refractivity contribution < 1.29 is 50.0 Å². The summed E-state index contributed by atoms with van der Waals surface area (Å²) in [6, 6.07) is 14.9. The first-order valence-electron chi connectivity index (χ1n) is 50.9. The van der Waals surface area contributed by atoms with E-state index in [2.05, 4.69) is 0 Å². The molecular formula is C102H79BN4O2. The Hall–Kier alpha value is -12.8. The Bertz CT molecular complexity index is 8380. The van der Waals surface area contributed by atoms with Gasteiger partial charge in [-0.05, 0) is 179 Å². The Morgan fingerprint density at radius 1 is 0.321 bits per heavy atom. The van der Waals surface area contributed by atoms with Crippen LogP contribution in [0.4, 0.5) is 34.1 Å². The second-order valence-corrected chi connectivity index (χ2v) is 30.8. The number of rotatable bonds is 8. The van der Waals surface area contributed by atoms with Crippen LogP contribution >= 0.6 is 0 Å². The van der Waals surface area contributed by atoms with Gasteiger partial charge in [0.05, 0.1) is 74.6 Å². The highest BCUT2D eigenvalue weighted by Gasteiger charge is 2.47. The van der Waals surface area contributed by atoms with Crippen molar-refractivity contribution in [2.75, 3.05) is 9.80 Å². The summed E-state index contributed by atoms with van der Waals surface area (Å²) < 4.78 is 326. The van der Waals surface area contributed by atoms with Gasteiger partial charge in [0.15, 0.2) is 11.2 Å². The first-order chi connectivity index (χ1) is 65.6. The Labute approximate surface area is 677 Å². The van der Waals surface area contributed by atoms with Gasteiger partial charge in [-0.2, -0.15) is 0 Å². The number of aromatic nitrogens is 2. The highest BCUT2D eigenvalue weighted by atomic mass is 16.3. The van der Waals surface area contributed by atoms with Crippen molar-refractivity contribution in [1.29, 1.82) is 0 Å². The minimum atomic E-state index is -2.01. The van der Waals surface area contributed by atoms with Gasteiger partial charge in [-0.1, -0.05) is 280 Å². The maximum Gasteiger partial charge on any atom is 0.252 e. The van der Waals surface area contributed by atoms with Gasteiger partial charge in [0.1, 0.15) is 11.2 Å².